The Bertz CT molecular complexity index is 310. The molecule has 0 fully saturated rings. The van der Waals surface area contributed by atoms with Gasteiger partial charge in [-0.3, -0.25) is 0 Å². The molecular formula is C11H17ClN2O2. The van der Waals surface area contributed by atoms with Gasteiger partial charge in [0.2, 0.25) is 0 Å². The molecule has 90 valence electrons. The normalized spacial score (nSPS) is 12.7. The van der Waals surface area contributed by atoms with Gasteiger partial charge in [-0.2, -0.15) is 0 Å². The van der Waals surface area contributed by atoms with Crippen LogP contribution in [0.15, 0.2) is 18.3 Å². The van der Waals surface area contributed by atoms with Gasteiger partial charge < -0.3 is 15.2 Å². The molecule has 0 bridgehead atoms. The average Bonchev–Trinajstić information content (AvgIpc) is 2.28. The molecule has 5 heteroatoms. The lowest BCUT2D eigenvalue weighted by Crippen LogP contribution is -2.23. The Labute approximate surface area is 101 Å². The summed E-state index contributed by atoms with van der Waals surface area (Å²) in [6.45, 7) is 3.83. The first-order chi connectivity index (χ1) is 7.74. The lowest BCUT2D eigenvalue weighted by molar-refractivity contribution is 0.0928. The van der Waals surface area contributed by atoms with E-state index in [2.05, 4.69) is 17.2 Å². The van der Waals surface area contributed by atoms with Gasteiger partial charge in [0, 0.05) is 18.8 Å². The predicted octanol–water partition coefficient (Wildman–Crippen LogP) is 1.39. The number of aromatic nitrogens is 1. The van der Waals surface area contributed by atoms with Gasteiger partial charge in [-0.05, 0) is 24.6 Å². The first-order valence-corrected chi connectivity index (χ1v) is 5.65. The van der Waals surface area contributed by atoms with Crippen LogP contribution < -0.4 is 5.32 Å². The van der Waals surface area contributed by atoms with Crippen molar-refractivity contribution < 1.29 is 9.84 Å². The fourth-order valence-corrected chi connectivity index (χ4v) is 1.50. The zero-order valence-electron chi connectivity index (χ0n) is 9.32. The van der Waals surface area contributed by atoms with Crippen molar-refractivity contribution in [1.82, 2.24) is 10.3 Å². The fraction of sp³-hybridized carbons (Fsp3) is 0.545. The molecule has 1 unspecified atom stereocenters. The summed E-state index contributed by atoms with van der Waals surface area (Å²) in [5.74, 6) is 0. The van der Waals surface area contributed by atoms with Crippen LogP contribution in [0.5, 0.6) is 0 Å². The van der Waals surface area contributed by atoms with Gasteiger partial charge in [-0.1, -0.05) is 11.6 Å². The van der Waals surface area contributed by atoms with Crippen molar-refractivity contribution in [2.45, 2.75) is 13.0 Å². The highest BCUT2D eigenvalue weighted by molar-refractivity contribution is 6.29. The summed E-state index contributed by atoms with van der Waals surface area (Å²) < 4.78 is 5.14. The van der Waals surface area contributed by atoms with Gasteiger partial charge in [0.25, 0.3) is 0 Å². The van der Waals surface area contributed by atoms with Crippen molar-refractivity contribution in [2.75, 3.05) is 26.4 Å². The first kappa shape index (κ1) is 13.4. The van der Waals surface area contributed by atoms with E-state index in [9.17, 15) is 0 Å². The molecule has 0 radical (unpaired) electrons. The van der Waals surface area contributed by atoms with Crippen LogP contribution in [0.4, 0.5) is 0 Å². The number of pyridine rings is 1. The largest absolute Gasteiger partial charge is 0.394 e. The number of halogens is 1. The van der Waals surface area contributed by atoms with E-state index in [4.69, 9.17) is 21.4 Å². The maximum atomic E-state index is 8.52. The van der Waals surface area contributed by atoms with Gasteiger partial charge in [-0.25, -0.2) is 4.98 Å². The highest BCUT2D eigenvalue weighted by atomic mass is 35.5. The van der Waals surface area contributed by atoms with Gasteiger partial charge in [0.1, 0.15) is 5.15 Å². The van der Waals surface area contributed by atoms with Crippen molar-refractivity contribution >= 4 is 11.6 Å². The number of ether oxygens (including phenoxy) is 1. The van der Waals surface area contributed by atoms with Crippen molar-refractivity contribution in [3.63, 3.8) is 0 Å². The Balaban J connectivity index is 2.27. The monoisotopic (exact) mass is 244 g/mol. The minimum Gasteiger partial charge on any atom is -0.394 e. The van der Waals surface area contributed by atoms with E-state index in [1.54, 1.807) is 6.20 Å². The molecule has 0 saturated carbocycles. The van der Waals surface area contributed by atoms with Crippen LogP contribution in [0.3, 0.4) is 0 Å². The summed E-state index contributed by atoms with van der Waals surface area (Å²) in [4.78, 5) is 3.93. The highest BCUT2D eigenvalue weighted by Gasteiger charge is 2.04. The predicted molar refractivity (Wildman–Crippen MR) is 63.6 cm³/mol. The Morgan fingerprint density at radius 2 is 2.38 bits per heavy atom. The molecule has 0 aliphatic rings. The molecule has 1 aromatic rings. The summed E-state index contributed by atoms with van der Waals surface area (Å²) in [5.41, 5.74) is 1.10. The van der Waals surface area contributed by atoms with Crippen molar-refractivity contribution in [3.05, 3.63) is 29.0 Å². The zero-order valence-corrected chi connectivity index (χ0v) is 10.1. The summed E-state index contributed by atoms with van der Waals surface area (Å²) in [5, 5.41) is 12.3. The van der Waals surface area contributed by atoms with Gasteiger partial charge >= 0.3 is 0 Å². The number of hydrogen-bond acceptors (Lipinski definition) is 4. The summed E-state index contributed by atoms with van der Waals surface area (Å²) in [7, 11) is 0. The summed E-state index contributed by atoms with van der Waals surface area (Å²) >= 11 is 5.80. The molecule has 0 aliphatic carbocycles. The zero-order chi connectivity index (χ0) is 11.8. The Kier molecular flexibility index (Phi) is 6.33. The lowest BCUT2D eigenvalue weighted by atomic mass is 10.1. The molecule has 2 N–H and O–H groups in total. The van der Waals surface area contributed by atoms with E-state index in [0.29, 0.717) is 18.4 Å². The van der Waals surface area contributed by atoms with Gasteiger partial charge in [0.05, 0.1) is 19.8 Å². The molecule has 0 amide bonds. The smallest absolute Gasteiger partial charge is 0.129 e. The fourth-order valence-electron chi connectivity index (χ4n) is 1.32. The van der Waals surface area contributed by atoms with Crippen molar-refractivity contribution in [3.8, 4) is 0 Å². The van der Waals surface area contributed by atoms with Crippen LogP contribution in [0.2, 0.25) is 5.15 Å². The SMILES string of the molecule is CC(NCCOCCO)c1ccnc(Cl)c1. The number of aliphatic hydroxyl groups excluding tert-OH is 1. The van der Waals surface area contributed by atoms with Crippen LogP contribution in [0.1, 0.15) is 18.5 Å². The van der Waals surface area contributed by atoms with E-state index >= 15 is 0 Å². The van der Waals surface area contributed by atoms with Crippen LogP contribution in [0, 0.1) is 0 Å². The second-order valence-corrected chi connectivity index (χ2v) is 3.81. The van der Waals surface area contributed by atoms with Crippen LogP contribution in [-0.2, 0) is 4.74 Å². The molecule has 16 heavy (non-hydrogen) atoms. The van der Waals surface area contributed by atoms with E-state index in [1.807, 2.05) is 12.1 Å². The van der Waals surface area contributed by atoms with E-state index in [0.717, 1.165) is 12.1 Å². The molecule has 0 saturated heterocycles. The minimum atomic E-state index is 0.0650. The van der Waals surface area contributed by atoms with E-state index in [1.165, 1.54) is 0 Å². The van der Waals surface area contributed by atoms with Crippen molar-refractivity contribution in [1.29, 1.82) is 0 Å². The molecule has 1 atom stereocenters. The third kappa shape index (κ3) is 4.90. The molecule has 1 aromatic heterocycles. The molecular weight excluding hydrogens is 228 g/mol. The second kappa shape index (κ2) is 7.57. The van der Waals surface area contributed by atoms with Crippen LogP contribution >= 0.6 is 11.6 Å². The molecule has 0 aromatic carbocycles. The Morgan fingerprint density at radius 3 is 3.06 bits per heavy atom. The summed E-state index contributed by atoms with van der Waals surface area (Å²) in [6.07, 6.45) is 1.69. The molecule has 0 aliphatic heterocycles. The molecule has 1 heterocycles. The van der Waals surface area contributed by atoms with Gasteiger partial charge in [0.15, 0.2) is 0 Å². The lowest BCUT2D eigenvalue weighted by Gasteiger charge is -2.14. The number of aliphatic hydroxyl groups is 1. The van der Waals surface area contributed by atoms with Crippen molar-refractivity contribution in [2.24, 2.45) is 0 Å². The van der Waals surface area contributed by atoms with Crippen LogP contribution in [-0.4, -0.2) is 36.5 Å². The molecule has 1 rings (SSSR count). The average molecular weight is 245 g/mol. The first-order valence-electron chi connectivity index (χ1n) is 5.27. The third-order valence-corrected chi connectivity index (χ3v) is 2.39. The third-order valence-electron chi connectivity index (χ3n) is 2.18. The Morgan fingerprint density at radius 1 is 1.56 bits per heavy atom. The number of nitrogens with one attached hydrogen (secondary N) is 1. The minimum absolute atomic E-state index is 0.0650. The van der Waals surface area contributed by atoms with E-state index < -0.39 is 0 Å². The maximum Gasteiger partial charge on any atom is 0.129 e. The second-order valence-electron chi connectivity index (χ2n) is 3.42. The number of hydrogen-bond donors (Lipinski definition) is 2. The van der Waals surface area contributed by atoms with Crippen LogP contribution in [0.25, 0.3) is 0 Å². The molecule has 0 spiro atoms. The number of nitrogens with zero attached hydrogens (tertiary/aromatic N) is 1. The highest BCUT2D eigenvalue weighted by Crippen LogP contribution is 2.14. The quantitative estimate of drug-likeness (QED) is 0.562. The van der Waals surface area contributed by atoms with Gasteiger partial charge in [-0.15, -0.1) is 0 Å². The van der Waals surface area contributed by atoms with E-state index in [-0.39, 0.29) is 12.6 Å². The Hall–Kier alpha value is -0.680. The standard InChI is InChI=1S/C11H17ClN2O2/c1-9(13-4-6-16-7-5-15)10-2-3-14-11(12)8-10/h2-3,8-9,13,15H,4-7H2,1H3. The molecule has 4 nitrogen and oxygen atoms in total. The maximum absolute atomic E-state index is 8.52. The topological polar surface area (TPSA) is 54.4 Å². The summed E-state index contributed by atoms with van der Waals surface area (Å²) in [6, 6.07) is 3.98. The number of rotatable bonds is 7.